The van der Waals surface area contributed by atoms with Crippen molar-refractivity contribution in [2.45, 2.75) is 0 Å². The maximum atomic E-state index is 6.63. The van der Waals surface area contributed by atoms with Crippen LogP contribution in [0.3, 0.4) is 0 Å². The number of nitrogens with zero attached hydrogens (tertiary/aromatic N) is 6. The molecule has 5 heterocycles. The van der Waals surface area contributed by atoms with E-state index in [1.54, 1.807) is 27.1 Å². The second kappa shape index (κ2) is 11.1. The molecule has 49 heavy (non-hydrogen) atoms. The number of aromatic amines is 2. The summed E-state index contributed by atoms with van der Waals surface area (Å²) in [6, 6.07) is 35.5. The summed E-state index contributed by atoms with van der Waals surface area (Å²) in [5, 5.41) is 4.80. The number of fused-ring (bicyclic) bond motifs is 20. The quantitative estimate of drug-likeness (QED) is 0.174. The van der Waals surface area contributed by atoms with Crippen LogP contribution < -0.4 is 8.92 Å². The summed E-state index contributed by atoms with van der Waals surface area (Å²) in [4.78, 5) is 37.4. The van der Waals surface area contributed by atoms with E-state index in [0.29, 0.717) is 55.9 Å². The van der Waals surface area contributed by atoms with E-state index < -0.39 is 0 Å². The number of halogens is 2. The average Bonchev–Trinajstić information content (AvgIpc) is 3.86. The van der Waals surface area contributed by atoms with E-state index in [1.165, 1.54) is 0 Å². The third kappa shape index (κ3) is 4.66. The van der Waals surface area contributed by atoms with E-state index >= 15 is 0 Å². The Morgan fingerprint density at radius 3 is 1.47 bits per heavy atom. The van der Waals surface area contributed by atoms with Crippen LogP contribution in [0, 0.1) is 0 Å². The first-order valence-corrected chi connectivity index (χ1v) is 17.0. The van der Waals surface area contributed by atoms with Crippen molar-refractivity contribution >= 4 is 76.3 Å². The van der Waals surface area contributed by atoms with E-state index in [4.69, 9.17) is 53.1 Å². The van der Waals surface area contributed by atoms with Crippen LogP contribution in [-0.4, -0.2) is 39.9 Å². The number of rotatable bonds is 2. The van der Waals surface area contributed by atoms with Crippen LogP contribution in [0.1, 0.15) is 0 Å². The molecule has 0 fully saturated rings. The summed E-state index contributed by atoms with van der Waals surface area (Å²) >= 11 is 14.7. The van der Waals surface area contributed by atoms with Gasteiger partial charge in [-0.3, -0.25) is 0 Å². The fourth-order valence-electron chi connectivity index (χ4n) is 6.28. The molecule has 0 radical (unpaired) electrons. The Labute approximate surface area is 294 Å². The first kappa shape index (κ1) is 28.6. The van der Waals surface area contributed by atoms with Gasteiger partial charge in [-0.05, 0) is 0 Å². The zero-order chi connectivity index (χ0) is 32.6. The van der Waals surface area contributed by atoms with E-state index in [-0.39, 0.29) is 0 Å². The molecule has 0 saturated carbocycles. The third-order valence-corrected chi connectivity index (χ3v) is 10.5. The Bertz CT molecular complexity index is 2860. The number of H-pyrrole nitrogens is 2. The molecule has 8 nitrogen and oxygen atoms in total. The molecule has 3 aromatic heterocycles. The van der Waals surface area contributed by atoms with Crippen molar-refractivity contribution in [3.05, 3.63) is 119 Å². The van der Waals surface area contributed by atoms with Gasteiger partial charge in [0, 0.05) is 0 Å². The topological polar surface area (TPSA) is 109 Å². The van der Waals surface area contributed by atoms with Gasteiger partial charge < -0.3 is 0 Å². The molecule has 8 bridgehead atoms. The molecule has 11 heteroatoms. The molecule has 5 aromatic carbocycles. The van der Waals surface area contributed by atoms with Gasteiger partial charge in [-0.2, -0.15) is 0 Å². The van der Waals surface area contributed by atoms with Gasteiger partial charge in [0.25, 0.3) is 0 Å². The third-order valence-electron chi connectivity index (χ3n) is 8.51. The second-order valence-corrected chi connectivity index (χ2v) is 13.6. The normalized spacial score (nSPS) is 12.0. The summed E-state index contributed by atoms with van der Waals surface area (Å²) < 4.78 is 1.74. The number of aromatic nitrogens is 8. The number of benzene rings is 5. The molecule has 2 aliphatic heterocycles. The molecule has 2 aliphatic rings. The summed E-state index contributed by atoms with van der Waals surface area (Å²) in [5.41, 5.74) is 6.06. The van der Waals surface area contributed by atoms with Crippen molar-refractivity contribution in [2.24, 2.45) is 0 Å². The number of hydrogen-bond donors (Lipinski definition) is 2. The summed E-state index contributed by atoms with van der Waals surface area (Å²) in [6.45, 7) is 0. The fourth-order valence-corrected chi connectivity index (χ4v) is 7.96. The van der Waals surface area contributed by atoms with Gasteiger partial charge in [-0.25, -0.2) is 0 Å². The molecule has 2 N–H and O–H groups in total. The van der Waals surface area contributed by atoms with E-state index in [0.717, 1.165) is 52.7 Å². The van der Waals surface area contributed by atoms with E-state index in [1.807, 2.05) is 97.1 Å². The minimum absolute atomic E-state index is 0.537. The molecular formula is C38H20Cl2CuN8. The van der Waals surface area contributed by atoms with Gasteiger partial charge in [0.15, 0.2) is 0 Å². The Kier molecular flexibility index (Phi) is 6.44. The molecular weight excluding hydrogens is 703 g/mol. The Balaban J connectivity index is 1.36. The molecule has 0 atom stereocenters. The van der Waals surface area contributed by atoms with Gasteiger partial charge in [-0.15, -0.1) is 0 Å². The predicted octanol–water partition coefficient (Wildman–Crippen LogP) is 8.21. The monoisotopic (exact) mass is 721 g/mol. The molecule has 237 valence electrons. The van der Waals surface area contributed by atoms with Crippen LogP contribution >= 0.6 is 23.2 Å². The van der Waals surface area contributed by atoms with Crippen LogP contribution in [-0.2, 0) is 15.0 Å². The second-order valence-electron chi connectivity index (χ2n) is 11.5. The van der Waals surface area contributed by atoms with Crippen molar-refractivity contribution < 1.29 is 15.0 Å². The van der Waals surface area contributed by atoms with Crippen LogP contribution in [0.15, 0.2) is 109 Å². The van der Waals surface area contributed by atoms with Gasteiger partial charge >= 0.3 is 290 Å². The Morgan fingerprint density at radius 2 is 0.898 bits per heavy atom. The Hall–Kier alpha value is -5.44. The zero-order valence-electron chi connectivity index (χ0n) is 25.1. The van der Waals surface area contributed by atoms with Crippen molar-refractivity contribution in [3.63, 3.8) is 0 Å². The average molecular weight is 723 g/mol. The molecule has 8 aromatic rings. The number of nitrogens with one attached hydrogen (secondary N) is 2. The fraction of sp³-hybridized carbons (Fsp3) is 0. The zero-order valence-corrected chi connectivity index (χ0v) is 27.6. The SMILES string of the molecule is Clc1ccc(Cl)[c]([Cu][c]2cccc3c4nc5nc(nc6[nH]c(nc7nc(nc([nH]4)c23)-c2ccccc2-7)c2ccccc62)-c2ccccc2-5)c1. The van der Waals surface area contributed by atoms with Crippen molar-refractivity contribution in [1.29, 1.82) is 0 Å². The standard InChI is InChI=1S/C32H17N8.C6H3Cl2.Cu/c1-2-10-18-17(9-1)25-33-26(18)38-28-21-13-5-6-14-22(21)30(35-28)40-32-24-16-8-7-15-23(24)31(36-32)39-29-20-12-4-3-11-19(20)27(34-29)37-25;7-5-1-2-6(8)4-3-5;/h1-15H,(H2,33,34,35,36,37,38,39,40);1-3H;. The Morgan fingerprint density at radius 1 is 0.429 bits per heavy atom. The van der Waals surface area contributed by atoms with Gasteiger partial charge in [-0.1, -0.05) is 6.07 Å². The van der Waals surface area contributed by atoms with Crippen LogP contribution in [0.4, 0.5) is 0 Å². The predicted molar refractivity (Wildman–Crippen MR) is 192 cm³/mol. The maximum absolute atomic E-state index is 6.63. The van der Waals surface area contributed by atoms with Crippen LogP contribution in [0.2, 0.25) is 10.0 Å². The first-order valence-electron chi connectivity index (χ1n) is 15.3. The first-order chi connectivity index (χ1) is 24.1. The molecule has 10 rings (SSSR count). The van der Waals surface area contributed by atoms with Crippen LogP contribution in [0.5, 0.6) is 0 Å². The molecule has 0 spiro atoms. The van der Waals surface area contributed by atoms with Gasteiger partial charge in [0.2, 0.25) is 0 Å². The molecule has 0 saturated heterocycles. The van der Waals surface area contributed by atoms with Crippen LogP contribution in [0.25, 0.3) is 89.7 Å². The molecule has 0 amide bonds. The molecule has 0 unspecified atom stereocenters. The minimum atomic E-state index is 0.537. The summed E-state index contributed by atoms with van der Waals surface area (Å²) in [6.07, 6.45) is 0. The van der Waals surface area contributed by atoms with Crippen molar-refractivity contribution in [1.82, 2.24) is 39.9 Å². The number of hydrogen-bond acceptors (Lipinski definition) is 6. The summed E-state index contributed by atoms with van der Waals surface area (Å²) in [7, 11) is 0. The van der Waals surface area contributed by atoms with Gasteiger partial charge in [0.05, 0.1) is 0 Å². The molecule has 0 aliphatic carbocycles. The summed E-state index contributed by atoms with van der Waals surface area (Å²) in [5.74, 6) is 2.20. The van der Waals surface area contributed by atoms with Gasteiger partial charge in [0.1, 0.15) is 0 Å². The van der Waals surface area contributed by atoms with Crippen molar-refractivity contribution in [3.8, 4) is 45.6 Å². The van der Waals surface area contributed by atoms with Crippen molar-refractivity contribution in [2.75, 3.05) is 0 Å². The van der Waals surface area contributed by atoms with E-state index in [9.17, 15) is 0 Å². The van der Waals surface area contributed by atoms with E-state index in [2.05, 4.69) is 9.97 Å².